The van der Waals surface area contributed by atoms with Crippen molar-refractivity contribution < 1.29 is 4.79 Å². The van der Waals surface area contributed by atoms with Gasteiger partial charge in [0.25, 0.3) is 5.91 Å². The number of carbonyl (C=O) groups excluding carboxylic acids is 1. The van der Waals surface area contributed by atoms with Gasteiger partial charge in [-0.3, -0.25) is 4.79 Å². The van der Waals surface area contributed by atoms with Crippen molar-refractivity contribution in [2.75, 3.05) is 11.4 Å². The highest BCUT2D eigenvalue weighted by Gasteiger charge is 2.21. The van der Waals surface area contributed by atoms with Crippen molar-refractivity contribution in [1.29, 1.82) is 0 Å². The molecule has 2 aromatic heterocycles. The van der Waals surface area contributed by atoms with E-state index in [4.69, 9.17) is 0 Å². The van der Waals surface area contributed by atoms with Gasteiger partial charge in [-0.2, -0.15) is 0 Å². The lowest BCUT2D eigenvalue weighted by molar-refractivity contribution is 0.0937. The fourth-order valence-corrected chi connectivity index (χ4v) is 3.18. The van der Waals surface area contributed by atoms with Gasteiger partial charge in [0.05, 0.1) is 6.04 Å². The molecule has 1 saturated heterocycles. The first-order valence-electron chi connectivity index (χ1n) is 8.43. The van der Waals surface area contributed by atoms with E-state index in [2.05, 4.69) is 32.3 Å². The summed E-state index contributed by atoms with van der Waals surface area (Å²) in [5.74, 6) is 1.47. The Balaban J connectivity index is 1.73. The molecule has 1 aliphatic rings. The summed E-state index contributed by atoms with van der Waals surface area (Å²) in [6.07, 6.45) is 6.93. The van der Waals surface area contributed by atoms with Gasteiger partial charge in [0, 0.05) is 31.4 Å². The van der Waals surface area contributed by atoms with Gasteiger partial charge < -0.3 is 14.8 Å². The van der Waals surface area contributed by atoms with Crippen molar-refractivity contribution in [3.05, 3.63) is 36.0 Å². The standard InChI is InChI=1S/C17H24N6O/c1-12-6-4-5-9-23(12)15-10-14(7-8-18-15)17(24)20-13(2)16-21-19-11-22(16)3/h7-8,10-13H,4-6,9H2,1-3H3,(H,20,24)/t12-,13-/m1/s1. The van der Waals surface area contributed by atoms with E-state index in [0.29, 0.717) is 11.6 Å². The Morgan fingerprint density at radius 2 is 2.25 bits per heavy atom. The van der Waals surface area contributed by atoms with Gasteiger partial charge in [0.15, 0.2) is 5.82 Å². The molecule has 1 fully saturated rings. The van der Waals surface area contributed by atoms with Crippen LogP contribution in [0.15, 0.2) is 24.7 Å². The van der Waals surface area contributed by atoms with Gasteiger partial charge in [-0.1, -0.05) is 0 Å². The number of anilines is 1. The van der Waals surface area contributed by atoms with Crippen molar-refractivity contribution in [2.45, 2.75) is 45.2 Å². The summed E-state index contributed by atoms with van der Waals surface area (Å²) < 4.78 is 1.80. The van der Waals surface area contributed by atoms with E-state index in [0.717, 1.165) is 18.2 Å². The molecule has 1 aliphatic heterocycles. The van der Waals surface area contributed by atoms with E-state index in [-0.39, 0.29) is 11.9 Å². The predicted molar refractivity (Wildman–Crippen MR) is 91.8 cm³/mol. The number of nitrogens with one attached hydrogen (secondary N) is 1. The average Bonchev–Trinajstić information content (AvgIpc) is 3.01. The third-order valence-corrected chi connectivity index (χ3v) is 4.59. The summed E-state index contributed by atoms with van der Waals surface area (Å²) in [4.78, 5) is 19.3. The van der Waals surface area contributed by atoms with Crippen LogP contribution in [0.1, 0.15) is 55.3 Å². The molecule has 128 valence electrons. The topological polar surface area (TPSA) is 75.9 Å². The minimum atomic E-state index is -0.212. The maximum atomic E-state index is 12.6. The summed E-state index contributed by atoms with van der Waals surface area (Å²) in [5, 5.41) is 10.9. The van der Waals surface area contributed by atoms with Crippen LogP contribution in [-0.2, 0) is 7.05 Å². The zero-order valence-electron chi connectivity index (χ0n) is 14.4. The van der Waals surface area contributed by atoms with Crippen LogP contribution in [-0.4, -0.2) is 38.2 Å². The summed E-state index contributed by atoms with van der Waals surface area (Å²) in [6, 6.07) is 3.87. The summed E-state index contributed by atoms with van der Waals surface area (Å²) in [5.41, 5.74) is 0.617. The van der Waals surface area contributed by atoms with Gasteiger partial charge in [-0.15, -0.1) is 10.2 Å². The number of aryl methyl sites for hydroxylation is 1. The second-order valence-electron chi connectivity index (χ2n) is 6.44. The Bertz CT molecular complexity index is 713. The molecule has 0 spiro atoms. The molecule has 0 aromatic carbocycles. The van der Waals surface area contributed by atoms with E-state index >= 15 is 0 Å². The third kappa shape index (κ3) is 3.39. The molecule has 7 nitrogen and oxygen atoms in total. The molecule has 1 amide bonds. The predicted octanol–water partition coefficient (Wildman–Crippen LogP) is 2.08. The third-order valence-electron chi connectivity index (χ3n) is 4.59. The Morgan fingerprint density at radius 1 is 1.42 bits per heavy atom. The minimum Gasteiger partial charge on any atom is -0.354 e. The SMILES string of the molecule is C[C@@H]1CCCCN1c1cc(C(=O)N[C@H](C)c2nncn2C)ccn1. The van der Waals surface area contributed by atoms with Crippen LogP contribution < -0.4 is 10.2 Å². The Labute approximate surface area is 142 Å². The van der Waals surface area contributed by atoms with E-state index in [1.165, 1.54) is 19.3 Å². The molecule has 0 radical (unpaired) electrons. The number of hydrogen-bond acceptors (Lipinski definition) is 5. The molecule has 0 bridgehead atoms. The van der Waals surface area contributed by atoms with E-state index in [1.807, 2.05) is 20.0 Å². The summed E-state index contributed by atoms with van der Waals surface area (Å²) in [7, 11) is 1.86. The maximum Gasteiger partial charge on any atom is 0.252 e. The smallest absolute Gasteiger partial charge is 0.252 e. The average molecular weight is 328 g/mol. The van der Waals surface area contributed by atoms with Crippen molar-refractivity contribution in [2.24, 2.45) is 7.05 Å². The van der Waals surface area contributed by atoms with Gasteiger partial charge in [0.1, 0.15) is 12.1 Å². The van der Waals surface area contributed by atoms with Crippen LogP contribution >= 0.6 is 0 Å². The largest absolute Gasteiger partial charge is 0.354 e. The second-order valence-corrected chi connectivity index (χ2v) is 6.44. The first-order valence-corrected chi connectivity index (χ1v) is 8.43. The van der Waals surface area contributed by atoms with Crippen LogP contribution in [0.3, 0.4) is 0 Å². The Hall–Kier alpha value is -2.44. The summed E-state index contributed by atoms with van der Waals surface area (Å²) >= 11 is 0. The van der Waals surface area contributed by atoms with Gasteiger partial charge in [-0.25, -0.2) is 4.98 Å². The van der Waals surface area contributed by atoms with Crippen LogP contribution in [0.5, 0.6) is 0 Å². The molecule has 7 heteroatoms. The monoisotopic (exact) mass is 328 g/mol. The maximum absolute atomic E-state index is 12.6. The van der Waals surface area contributed by atoms with Gasteiger partial charge in [0.2, 0.25) is 0 Å². The lowest BCUT2D eigenvalue weighted by atomic mass is 10.0. The van der Waals surface area contributed by atoms with Crippen LogP contribution in [0.25, 0.3) is 0 Å². The van der Waals surface area contributed by atoms with Gasteiger partial charge in [-0.05, 0) is 45.2 Å². The van der Waals surface area contributed by atoms with Crippen molar-refractivity contribution in [3.8, 4) is 0 Å². The van der Waals surface area contributed by atoms with Crippen LogP contribution in [0, 0.1) is 0 Å². The Morgan fingerprint density at radius 3 is 2.96 bits per heavy atom. The summed E-state index contributed by atoms with van der Waals surface area (Å²) in [6.45, 7) is 5.11. The molecule has 24 heavy (non-hydrogen) atoms. The normalized spacial score (nSPS) is 19.1. The number of hydrogen-bond donors (Lipinski definition) is 1. The van der Waals surface area contributed by atoms with Gasteiger partial charge >= 0.3 is 0 Å². The quantitative estimate of drug-likeness (QED) is 0.930. The number of carbonyl (C=O) groups is 1. The zero-order chi connectivity index (χ0) is 17.1. The first-order chi connectivity index (χ1) is 11.6. The number of pyridine rings is 1. The molecule has 2 aromatic rings. The molecule has 0 aliphatic carbocycles. The molecule has 0 unspecified atom stereocenters. The first kappa shape index (κ1) is 16.4. The van der Waals surface area contributed by atoms with Crippen molar-refractivity contribution in [3.63, 3.8) is 0 Å². The lowest BCUT2D eigenvalue weighted by Gasteiger charge is -2.34. The molecule has 0 saturated carbocycles. The van der Waals surface area contributed by atoms with E-state index < -0.39 is 0 Å². The number of rotatable bonds is 4. The van der Waals surface area contributed by atoms with E-state index in [9.17, 15) is 4.79 Å². The lowest BCUT2D eigenvalue weighted by Crippen LogP contribution is -2.38. The highest BCUT2D eigenvalue weighted by atomic mass is 16.1. The fourth-order valence-electron chi connectivity index (χ4n) is 3.18. The molecule has 2 atom stereocenters. The van der Waals surface area contributed by atoms with Crippen molar-refractivity contribution >= 4 is 11.7 Å². The second kappa shape index (κ2) is 6.98. The number of amides is 1. The fraction of sp³-hybridized carbons (Fsp3) is 0.529. The zero-order valence-corrected chi connectivity index (χ0v) is 14.4. The molecule has 3 rings (SSSR count). The number of aromatic nitrogens is 4. The van der Waals surface area contributed by atoms with E-state index in [1.54, 1.807) is 23.2 Å². The molecule has 3 heterocycles. The number of nitrogens with zero attached hydrogens (tertiary/aromatic N) is 5. The van der Waals surface area contributed by atoms with Crippen LogP contribution in [0.4, 0.5) is 5.82 Å². The van der Waals surface area contributed by atoms with Crippen molar-refractivity contribution in [1.82, 2.24) is 25.1 Å². The number of piperidine rings is 1. The van der Waals surface area contributed by atoms with Crippen LogP contribution in [0.2, 0.25) is 0 Å². The highest BCUT2D eigenvalue weighted by molar-refractivity contribution is 5.95. The molecular weight excluding hydrogens is 304 g/mol. The molecular formula is C17H24N6O. The molecule has 1 N–H and O–H groups in total. The highest BCUT2D eigenvalue weighted by Crippen LogP contribution is 2.23. The Kier molecular flexibility index (Phi) is 4.78. The minimum absolute atomic E-state index is 0.126.